The lowest BCUT2D eigenvalue weighted by atomic mass is 10.0. The molecule has 0 fully saturated rings. The molecule has 2 heterocycles. The van der Waals surface area contributed by atoms with Crippen LogP contribution in [0.15, 0.2) is 15.1 Å². The molecule has 0 saturated carbocycles. The summed E-state index contributed by atoms with van der Waals surface area (Å²) in [6.07, 6.45) is 1.76. The van der Waals surface area contributed by atoms with E-state index in [4.69, 9.17) is 10.2 Å². The molecule has 0 saturated heterocycles. The first-order chi connectivity index (χ1) is 7.93. The first-order valence-corrected chi connectivity index (χ1v) is 6.22. The van der Waals surface area contributed by atoms with E-state index >= 15 is 0 Å². The van der Waals surface area contributed by atoms with Crippen LogP contribution in [0.2, 0.25) is 0 Å². The van der Waals surface area contributed by atoms with Crippen molar-refractivity contribution in [3.63, 3.8) is 0 Å². The maximum absolute atomic E-state index is 6.33. The Morgan fingerprint density at radius 1 is 1.35 bits per heavy atom. The van der Waals surface area contributed by atoms with Crippen molar-refractivity contribution < 1.29 is 4.42 Å². The highest BCUT2D eigenvalue weighted by Crippen LogP contribution is 2.32. The molecule has 1 unspecified atom stereocenters. The maximum atomic E-state index is 6.33. The third-order valence-electron chi connectivity index (χ3n) is 3.16. The molecular weight excluding hydrogens is 282 g/mol. The van der Waals surface area contributed by atoms with Gasteiger partial charge >= 0.3 is 0 Å². The highest BCUT2D eigenvalue weighted by Gasteiger charge is 2.23. The standard InChI is InChI=1S/C12H16BrN3O/c1-6-7(2)17-8(3)10(6)11(14)12-9(13)5-15-16(12)4/h5,11H,14H2,1-4H3. The number of halogens is 1. The Hall–Kier alpha value is -1.07. The Bertz CT molecular complexity index is 537. The van der Waals surface area contributed by atoms with Crippen LogP contribution < -0.4 is 5.73 Å². The Morgan fingerprint density at radius 3 is 2.41 bits per heavy atom. The van der Waals surface area contributed by atoms with E-state index < -0.39 is 0 Å². The van der Waals surface area contributed by atoms with Gasteiger partial charge in [0.05, 0.1) is 22.4 Å². The van der Waals surface area contributed by atoms with Crippen molar-refractivity contribution in [1.82, 2.24) is 9.78 Å². The topological polar surface area (TPSA) is 57.0 Å². The highest BCUT2D eigenvalue weighted by atomic mass is 79.9. The van der Waals surface area contributed by atoms with E-state index in [0.717, 1.165) is 32.8 Å². The Kier molecular flexibility index (Phi) is 3.14. The van der Waals surface area contributed by atoms with Gasteiger partial charge in [-0.15, -0.1) is 0 Å². The predicted octanol–water partition coefficient (Wildman–Crippen LogP) is 2.75. The summed E-state index contributed by atoms with van der Waals surface area (Å²) in [6, 6.07) is -0.227. The van der Waals surface area contributed by atoms with Crippen LogP contribution in [-0.2, 0) is 7.05 Å². The number of aromatic nitrogens is 2. The molecule has 2 rings (SSSR count). The summed E-state index contributed by atoms with van der Waals surface area (Å²) in [6.45, 7) is 5.93. The molecule has 1 atom stereocenters. The monoisotopic (exact) mass is 297 g/mol. The van der Waals surface area contributed by atoms with Crippen molar-refractivity contribution in [3.05, 3.63) is 39.0 Å². The summed E-state index contributed by atoms with van der Waals surface area (Å²) in [7, 11) is 1.89. The minimum absolute atomic E-state index is 0.227. The summed E-state index contributed by atoms with van der Waals surface area (Å²) in [5, 5.41) is 4.19. The van der Waals surface area contributed by atoms with Gasteiger partial charge in [-0.2, -0.15) is 5.10 Å². The van der Waals surface area contributed by atoms with Gasteiger partial charge in [-0.3, -0.25) is 4.68 Å². The van der Waals surface area contributed by atoms with Crippen molar-refractivity contribution in [2.75, 3.05) is 0 Å². The van der Waals surface area contributed by atoms with Gasteiger partial charge in [-0.05, 0) is 42.3 Å². The zero-order chi connectivity index (χ0) is 12.7. The zero-order valence-electron chi connectivity index (χ0n) is 10.4. The van der Waals surface area contributed by atoms with Gasteiger partial charge in [0.1, 0.15) is 11.5 Å². The molecule has 0 spiro atoms. The first-order valence-electron chi connectivity index (χ1n) is 5.43. The maximum Gasteiger partial charge on any atom is 0.106 e. The predicted molar refractivity (Wildman–Crippen MR) is 69.9 cm³/mol. The Balaban J connectivity index is 2.54. The zero-order valence-corrected chi connectivity index (χ0v) is 12.0. The van der Waals surface area contributed by atoms with Gasteiger partial charge in [0.25, 0.3) is 0 Å². The van der Waals surface area contributed by atoms with Crippen LogP contribution >= 0.6 is 15.9 Å². The van der Waals surface area contributed by atoms with Gasteiger partial charge in [-0.25, -0.2) is 0 Å². The fourth-order valence-electron chi connectivity index (χ4n) is 2.17. The van der Waals surface area contributed by atoms with E-state index in [1.807, 2.05) is 27.8 Å². The molecule has 2 N–H and O–H groups in total. The molecule has 0 radical (unpaired) electrons. The van der Waals surface area contributed by atoms with Gasteiger partial charge in [-0.1, -0.05) is 0 Å². The number of furan rings is 1. The van der Waals surface area contributed by atoms with Crippen LogP contribution in [0.3, 0.4) is 0 Å². The van der Waals surface area contributed by atoms with E-state index in [0.29, 0.717) is 0 Å². The second-order valence-corrected chi connectivity index (χ2v) is 5.09. The fraction of sp³-hybridized carbons (Fsp3) is 0.417. The summed E-state index contributed by atoms with van der Waals surface area (Å²) in [5.41, 5.74) is 9.44. The van der Waals surface area contributed by atoms with Crippen molar-refractivity contribution in [2.24, 2.45) is 12.8 Å². The van der Waals surface area contributed by atoms with Gasteiger partial charge in [0.15, 0.2) is 0 Å². The molecule has 0 aliphatic heterocycles. The molecule has 5 heteroatoms. The third-order valence-corrected chi connectivity index (χ3v) is 3.77. The van der Waals surface area contributed by atoms with Crippen LogP contribution in [0.25, 0.3) is 0 Å². The second-order valence-electron chi connectivity index (χ2n) is 4.23. The summed E-state index contributed by atoms with van der Waals surface area (Å²) in [4.78, 5) is 0. The van der Waals surface area contributed by atoms with Crippen molar-refractivity contribution >= 4 is 15.9 Å². The number of rotatable bonds is 2. The number of aryl methyl sites for hydroxylation is 3. The lowest BCUT2D eigenvalue weighted by molar-refractivity contribution is 0.497. The van der Waals surface area contributed by atoms with Crippen molar-refractivity contribution in [3.8, 4) is 0 Å². The van der Waals surface area contributed by atoms with E-state index in [-0.39, 0.29) is 6.04 Å². The van der Waals surface area contributed by atoms with Gasteiger partial charge in [0.2, 0.25) is 0 Å². The molecule has 0 bridgehead atoms. The van der Waals surface area contributed by atoms with E-state index in [9.17, 15) is 0 Å². The van der Waals surface area contributed by atoms with Crippen LogP contribution in [0.4, 0.5) is 0 Å². The van der Waals surface area contributed by atoms with Crippen LogP contribution in [-0.4, -0.2) is 9.78 Å². The van der Waals surface area contributed by atoms with Crippen molar-refractivity contribution in [1.29, 1.82) is 0 Å². The molecule has 92 valence electrons. The molecule has 0 amide bonds. The molecule has 2 aromatic rings. The Labute approximate surface area is 109 Å². The summed E-state index contributed by atoms with van der Waals surface area (Å²) in [5.74, 6) is 1.80. The molecule has 2 aromatic heterocycles. The van der Waals surface area contributed by atoms with Crippen molar-refractivity contribution in [2.45, 2.75) is 26.8 Å². The second kappa shape index (κ2) is 4.31. The summed E-state index contributed by atoms with van der Waals surface area (Å²) >= 11 is 3.48. The van der Waals surface area contributed by atoms with Crippen LogP contribution in [0, 0.1) is 20.8 Å². The fourth-order valence-corrected chi connectivity index (χ4v) is 2.77. The lowest BCUT2D eigenvalue weighted by Gasteiger charge is -2.13. The molecule has 0 aromatic carbocycles. The Morgan fingerprint density at radius 2 is 2.00 bits per heavy atom. The van der Waals surface area contributed by atoms with E-state index in [1.54, 1.807) is 10.9 Å². The normalized spacial score (nSPS) is 13.1. The first kappa shape index (κ1) is 12.4. The average molecular weight is 298 g/mol. The number of nitrogens with zero attached hydrogens (tertiary/aromatic N) is 2. The lowest BCUT2D eigenvalue weighted by Crippen LogP contribution is -2.17. The smallest absolute Gasteiger partial charge is 0.106 e. The molecular formula is C12H16BrN3O. The minimum Gasteiger partial charge on any atom is -0.466 e. The number of hydrogen-bond acceptors (Lipinski definition) is 3. The highest BCUT2D eigenvalue weighted by molar-refractivity contribution is 9.10. The van der Waals surface area contributed by atoms with Gasteiger partial charge < -0.3 is 10.2 Å². The van der Waals surface area contributed by atoms with Gasteiger partial charge in [0, 0.05) is 12.6 Å². The third kappa shape index (κ3) is 1.93. The molecule has 0 aliphatic rings. The molecule has 0 aliphatic carbocycles. The summed E-state index contributed by atoms with van der Waals surface area (Å²) < 4.78 is 8.33. The quantitative estimate of drug-likeness (QED) is 0.927. The van der Waals surface area contributed by atoms with E-state index in [2.05, 4.69) is 21.0 Å². The molecule has 17 heavy (non-hydrogen) atoms. The number of nitrogens with two attached hydrogens (primary N) is 1. The number of hydrogen-bond donors (Lipinski definition) is 1. The minimum atomic E-state index is -0.227. The van der Waals surface area contributed by atoms with E-state index in [1.165, 1.54) is 0 Å². The largest absolute Gasteiger partial charge is 0.466 e. The SMILES string of the molecule is Cc1oc(C)c(C(N)c2c(Br)cnn2C)c1C. The average Bonchev–Trinajstić information content (AvgIpc) is 2.69. The van der Waals surface area contributed by atoms with Crippen LogP contribution in [0.1, 0.15) is 34.4 Å². The van der Waals surface area contributed by atoms with Crippen LogP contribution in [0.5, 0.6) is 0 Å². The molecule has 4 nitrogen and oxygen atoms in total.